The van der Waals surface area contributed by atoms with Crippen LogP contribution in [-0.4, -0.2) is 11.5 Å². The van der Waals surface area contributed by atoms with Crippen molar-refractivity contribution in [1.29, 1.82) is 0 Å². The third kappa shape index (κ3) is 3.34. The molecular formula is C13H14F2N2S. The lowest BCUT2D eigenvalue weighted by Gasteiger charge is -2.14. The van der Waals surface area contributed by atoms with Crippen LogP contribution in [0.5, 0.6) is 0 Å². The monoisotopic (exact) mass is 268 g/mol. The fraction of sp³-hybridized carbons (Fsp3) is 0.308. The fourth-order valence-electron chi connectivity index (χ4n) is 1.73. The SMILES string of the molecule is CC(NCCc1cscn1)c1cc(F)ccc1F. The molecular weight excluding hydrogens is 254 g/mol. The van der Waals surface area contributed by atoms with E-state index in [2.05, 4.69) is 10.3 Å². The lowest BCUT2D eigenvalue weighted by molar-refractivity contribution is 0.520. The van der Waals surface area contributed by atoms with Crippen molar-refractivity contribution in [2.75, 3.05) is 6.54 Å². The molecule has 0 aliphatic carbocycles. The summed E-state index contributed by atoms with van der Waals surface area (Å²) in [6, 6.07) is 3.29. The lowest BCUT2D eigenvalue weighted by atomic mass is 10.1. The normalized spacial score (nSPS) is 12.6. The van der Waals surface area contributed by atoms with E-state index in [1.165, 1.54) is 6.07 Å². The second-order valence-electron chi connectivity index (χ2n) is 4.07. The summed E-state index contributed by atoms with van der Waals surface area (Å²) in [6.45, 7) is 2.50. The van der Waals surface area contributed by atoms with Crippen LogP contribution < -0.4 is 5.32 Å². The molecule has 1 atom stereocenters. The van der Waals surface area contributed by atoms with Gasteiger partial charge in [-0.25, -0.2) is 13.8 Å². The standard InChI is InChI=1S/C13H14F2N2S/c1-9(12-6-10(14)2-3-13(12)15)16-5-4-11-7-18-8-17-11/h2-3,6-9,16H,4-5H2,1H3. The van der Waals surface area contributed by atoms with Crippen molar-refractivity contribution in [2.24, 2.45) is 0 Å². The van der Waals surface area contributed by atoms with Gasteiger partial charge in [0.1, 0.15) is 11.6 Å². The summed E-state index contributed by atoms with van der Waals surface area (Å²) in [7, 11) is 0. The molecule has 1 unspecified atom stereocenters. The molecule has 1 aromatic carbocycles. The quantitative estimate of drug-likeness (QED) is 0.900. The van der Waals surface area contributed by atoms with Gasteiger partial charge in [-0.2, -0.15) is 0 Å². The van der Waals surface area contributed by atoms with E-state index in [4.69, 9.17) is 0 Å². The first-order valence-corrected chi connectivity index (χ1v) is 6.66. The predicted octanol–water partition coefficient (Wildman–Crippen LogP) is 3.31. The Labute approximate surface area is 109 Å². The molecule has 1 heterocycles. The van der Waals surface area contributed by atoms with Gasteiger partial charge in [0.2, 0.25) is 0 Å². The average molecular weight is 268 g/mol. The van der Waals surface area contributed by atoms with Gasteiger partial charge in [-0.3, -0.25) is 0 Å². The van der Waals surface area contributed by atoms with E-state index in [1.54, 1.807) is 16.8 Å². The molecule has 1 N–H and O–H groups in total. The van der Waals surface area contributed by atoms with Crippen LogP contribution in [0.4, 0.5) is 8.78 Å². The maximum absolute atomic E-state index is 13.5. The number of rotatable bonds is 5. The number of aromatic nitrogens is 1. The molecule has 0 fully saturated rings. The molecule has 0 aliphatic heterocycles. The molecule has 2 aromatic rings. The third-order valence-electron chi connectivity index (χ3n) is 2.74. The van der Waals surface area contributed by atoms with Gasteiger partial charge in [0, 0.05) is 30.0 Å². The van der Waals surface area contributed by atoms with Crippen molar-refractivity contribution in [3.63, 3.8) is 0 Å². The number of hydrogen-bond acceptors (Lipinski definition) is 3. The van der Waals surface area contributed by atoms with Crippen molar-refractivity contribution >= 4 is 11.3 Å². The second-order valence-corrected chi connectivity index (χ2v) is 4.79. The summed E-state index contributed by atoms with van der Waals surface area (Å²) < 4.78 is 26.6. The van der Waals surface area contributed by atoms with Crippen LogP contribution in [-0.2, 0) is 6.42 Å². The summed E-state index contributed by atoms with van der Waals surface area (Å²) in [5.41, 5.74) is 3.15. The molecule has 0 amide bonds. The van der Waals surface area contributed by atoms with Gasteiger partial charge in [-0.15, -0.1) is 11.3 Å². The van der Waals surface area contributed by atoms with E-state index in [-0.39, 0.29) is 11.9 Å². The van der Waals surface area contributed by atoms with Crippen molar-refractivity contribution in [3.05, 3.63) is 52.0 Å². The van der Waals surface area contributed by atoms with Crippen molar-refractivity contribution < 1.29 is 8.78 Å². The van der Waals surface area contributed by atoms with Crippen LogP contribution >= 0.6 is 11.3 Å². The molecule has 18 heavy (non-hydrogen) atoms. The number of benzene rings is 1. The number of halogens is 2. The van der Waals surface area contributed by atoms with E-state index >= 15 is 0 Å². The highest BCUT2D eigenvalue weighted by Gasteiger charge is 2.11. The predicted molar refractivity (Wildman–Crippen MR) is 68.6 cm³/mol. The van der Waals surface area contributed by atoms with Gasteiger partial charge in [0.15, 0.2) is 0 Å². The first kappa shape index (κ1) is 13.1. The first-order chi connectivity index (χ1) is 8.66. The van der Waals surface area contributed by atoms with Gasteiger partial charge < -0.3 is 5.32 Å². The van der Waals surface area contributed by atoms with Crippen LogP contribution in [0.2, 0.25) is 0 Å². The Morgan fingerprint density at radius 1 is 1.39 bits per heavy atom. The van der Waals surface area contributed by atoms with E-state index in [9.17, 15) is 8.78 Å². The van der Waals surface area contributed by atoms with Crippen LogP contribution in [0.15, 0.2) is 29.1 Å². The summed E-state index contributed by atoms with van der Waals surface area (Å²) in [5, 5.41) is 5.14. The van der Waals surface area contributed by atoms with Gasteiger partial charge in [-0.05, 0) is 25.1 Å². The summed E-state index contributed by atoms with van der Waals surface area (Å²) in [4.78, 5) is 4.16. The zero-order valence-electron chi connectivity index (χ0n) is 9.99. The van der Waals surface area contributed by atoms with Crippen molar-refractivity contribution in [1.82, 2.24) is 10.3 Å². The van der Waals surface area contributed by atoms with E-state index < -0.39 is 5.82 Å². The Morgan fingerprint density at radius 3 is 2.94 bits per heavy atom. The Bertz CT molecular complexity index is 500. The third-order valence-corrected chi connectivity index (χ3v) is 3.37. The molecule has 0 saturated heterocycles. The minimum Gasteiger partial charge on any atom is -0.310 e. The maximum atomic E-state index is 13.5. The zero-order valence-corrected chi connectivity index (χ0v) is 10.8. The van der Waals surface area contributed by atoms with Gasteiger partial charge in [-0.1, -0.05) is 0 Å². The van der Waals surface area contributed by atoms with Crippen LogP contribution in [0, 0.1) is 11.6 Å². The van der Waals surface area contributed by atoms with Gasteiger partial charge >= 0.3 is 0 Å². The molecule has 1 aromatic heterocycles. The highest BCUT2D eigenvalue weighted by atomic mass is 32.1. The Hall–Kier alpha value is -1.33. The zero-order chi connectivity index (χ0) is 13.0. The van der Waals surface area contributed by atoms with Crippen molar-refractivity contribution in [3.8, 4) is 0 Å². The number of nitrogens with zero attached hydrogens (tertiary/aromatic N) is 1. The molecule has 96 valence electrons. The van der Waals surface area contributed by atoms with Gasteiger partial charge in [0.25, 0.3) is 0 Å². The fourth-order valence-corrected chi connectivity index (χ4v) is 2.33. The highest BCUT2D eigenvalue weighted by molar-refractivity contribution is 7.07. The van der Waals surface area contributed by atoms with Crippen LogP contribution in [0.25, 0.3) is 0 Å². The maximum Gasteiger partial charge on any atom is 0.128 e. The molecule has 0 aliphatic rings. The average Bonchev–Trinajstić information content (AvgIpc) is 2.85. The molecule has 0 bridgehead atoms. The Balaban J connectivity index is 1.91. The van der Waals surface area contributed by atoms with E-state index in [1.807, 2.05) is 12.3 Å². The van der Waals surface area contributed by atoms with E-state index in [0.717, 1.165) is 24.2 Å². The molecule has 2 nitrogen and oxygen atoms in total. The summed E-state index contributed by atoms with van der Waals surface area (Å²) >= 11 is 1.55. The van der Waals surface area contributed by atoms with Crippen LogP contribution in [0.1, 0.15) is 24.2 Å². The lowest BCUT2D eigenvalue weighted by Crippen LogP contribution is -2.22. The van der Waals surface area contributed by atoms with E-state index in [0.29, 0.717) is 12.1 Å². The number of hydrogen-bond donors (Lipinski definition) is 1. The molecule has 0 spiro atoms. The molecule has 2 rings (SSSR count). The minimum atomic E-state index is -0.417. The smallest absolute Gasteiger partial charge is 0.128 e. The largest absolute Gasteiger partial charge is 0.310 e. The first-order valence-electron chi connectivity index (χ1n) is 5.72. The number of nitrogens with one attached hydrogen (secondary N) is 1. The van der Waals surface area contributed by atoms with Gasteiger partial charge in [0.05, 0.1) is 11.2 Å². The number of thiazole rings is 1. The Kier molecular flexibility index (Phi) is 4.38. The highest BCUT2D eigenvalue weighted by Crippen LogP contribution is 2.17. The molecule has 0 saturated carbocycles. The molecule has 0 radical (unpaired) electrons. The Morgan fingerprint density at radius 2 is 2.22 bits per heavy atom. The summed E-state index contributed by atoms with van der Waals surface area (Å²) in [5.74, 6) is -0.801. The minimum absolute atomic E-state index is 0.223. The topological polar surface area (TPSA) is 24.9 Å². The second kappa shape index (κ2) is 6.02. The molecule has 5 heteroatoms. The van der Waals surface area contributed by atoms with Crippen molar-refractivity contribution in [2.45, 2.75) is 19.4 Å². The summed E-state index contributed by atoms with van der Waals surface area (Å²) in [6.07, 6.45) is 0.783. The van der Waals surface area contributed by atoms with Crippen LogP contribution in [0.3, 0.4) is 0 Å².